The zero-order valence-electron chi connectivity index (χ0n) is 11.8. The molecular weight excluding hydrogens is 271 g/mol. The summed E-state index contributed by atoms with van der Waals surface area (Å²) in [5.74, 6) is -0.888. The van der Waals surface area contributed by atoms with E-state index in [1.165, 1.54) is 29.2 Å². The van der Waals surface area contributed by atoms with Crippen molar-refractivity contribution in [2.45, 2.75) is 44.6 Å². The highest BCUT2D eigenvalue weighted by Crippen LogP contribution is 2.48. The van der Waals surface area contributed by atoms with Gasteiger partial charge >= 0.3 is 0 Å². The average molecular weight is 290 g/mol. The minimum Gasteiger partial charge on any atom is -0.368 e. The number of anilines is 1. The molecule has 0 bridgehead atoms. The van der Waals surface area contributed by atoms with Gasteiger partial charge in [0.15, 0.2) is 0 Å². The Morgan fingerprint density at radius 2 is 1.81 bits per heavy atom. The van der Waals surface area contributed by atoms with Crippen molar-refractivity contribution in [2.24, 2.45) is 11.1 Å². The largest absolute Gasteiger partial charge is 0.368 e. The van der Waals surface area contributed by atoms with Crippen LogP contribution in [0.4, 0.5) is 10.1 Å². The van der Waals surface area contributed by atoms with E-state index in [9.17, 15) is 14.0 Å². The monoisotopic (exact) mass is 290 g/mol. The summed E-state index contributed by atoms with van der Waals surface area (Å²) in [6.45, 7) is 0. The predicted octanol–water partition coefficient (Wildman–Crippen LogP) is 2.37. The molecule has 21 heavy (non-hydrogen) atoms. The molecule has 2 amide bonds. The normalized spacial score (nSPS) is 24.5. The first-order valence-corrected chi connectivity index (χ1v) is 7.42. The number of nitrogens with zero attached hydrogens (tertiary/aromatic N) is 1. The van der Waals surface area contributed by atoms with Crippen molar-refractivity contribution in [2.75, 3.05) is 4.90 Å². The third-order valence-electron chi connectivity index (χ3n) is 4.81. The SMILES string of the molecule is NC(=O)C1CC2(CCCCC2)C(=O)N1c1ccc(F)cc1. The summed E-state index contributed by atoms with van der Waals surface area (Å²) < 4.78 is 13.1. The van der Waals surface area contributed by atoms with E-state index in [4.69, 9.17) is 5.73 Å². The molecule has 3 rings (SSSR count). The predicted molar refractivity (Wildman–Crippen MR) is 77.0 cm³/mol. The molecular formula is C16H19FN2O2. The lowest BCUT2D eigenvalue weighted by Crippen LogP contribution is -2.43. The van der Waals surface area contributed by atoms with Crippen molar-refractivity contribution in [1.29, 1.82) is 0 Å². The van der Waals surface area contributed by atoms with Gasteiger partial charge in [-0.2, -0.15) is 0 Å². The summed E-state index contributed by atoms with van der Waals surface area (Å²) >= 11 is 0. The van der Waals surface area contributed by atoms with E-state index in [1.807, 2.05) is 0 Å². The van der Waals surface area contributed by atoms with Crippen molar-refractivity contribution in [3.8, 4) is 0 Å². The second kappa shape index (κ2) is 5.13. The van der Waals surface area contributed by atoms with Gasteiger partial charge in [-0.3, -0.25) is 14.5 Å². The van der Waals surface area contributed by atoms with Gasteiger partial charge in [0, 0.05) is 5.69 Å². The number of hydrogen-bond acceptors (Lipinski definition) is 2. The van der Waals surface area contributed by atoms with E-state index in [1.54, 1.807) is 0 Å². The van der Waals surface area contributed by atoms with Crippen molar-refractivity contribution in [1.82, 2.24) is 0 Å². The minimum atomic E-state index is -0.624. The Labute approximate surface area is 123 Å². The van der Waals surface area contributed by atoms with E-state index in [0.29, 0.717) is 12.1 Å². The van der Waals surface area contributed by atoms with Gasteiger partial charge < -0.3 is 5.73 Å². The highest BCUT2D eigenvalue weighted by Gasteiger charge is 2.53. The highest BCUT2D eigenvalue weighted by molar-refractivity contribution is 6.06. The topological polar surface area (TPSA) is 63.4 Å². The minimum absolute atomic E-state index is 0.0300. The maximum atomic E-state index is 13.1. The third kappa shape index (κ3) is 2.30. The molecule has 2 aliphatic rings. The smallest absolute Gasteiger partial charge is 0.240 e. The van der Waals surface area contributed by atoms with Gasteiger partial charge in [0.05, 0.1) is 5.41 Å². The Hall–Kier alpha value is -1.91. The number of primary amides is 1. The molecule has 1 atom stereocenters. The highest BCUT2D eigenvalue weighted by atomic mass is 19.1. The second-order valence-electron chi connectivity index (χ2n) is 6.11. The molecule has 1 unspecified atom stereocenters. The fourth-order valence-electron chi connectivity index (χ4n) is 3.72. The molecule has 2 N–H and O–H groups in total. The number of halogens is 1. The van der Waals surface area contributed by atoms with Gasteiger partial charge in [0.1, 0.15) is 11.9 Å². The molecule has 0 radical (unpaired) electrons. The molecule has 1 saturated carbocycles. The number of rotatable bonds is 2. The van der Waals surface area contributed by atoms with E-state index >= 15 is 0 Å². The summed E-state index contributed by atoms with van der Waals surface area (Å²) in [7, 11) is 0. The van der Waals surface area contributed by atoms with Crippen LogP contribution < -0.4 is 10.6 Å². The maximum absolute atomic E-state index is 13.1. The number of nitrogens with two attached hydrogens (primary N) is 1. The van der Waals surface area contributed by atoms with E-state index < -0.39 is 17.4 Å². The lowest BCUT2D eigenvalue weighted by Gasteiger charge is -2.31. The molecule has 4 nitrogen and oxygen atoms in total. The fourth-order valence-corrected chi connectivity index (χ4v) is 3.72. The lowest BCUT2D eigenvalue weighted by molar-refractivity contribution is -0.127. The Morgan fingerprint density at radius 3 is 2.38 bits per heavy atom. The van der Waals surface area contributed by atoms with Crippen molar-refractivity contribution < 1.29 is 14.0 Å². The van der Waals surface area contributed by atoms with Gasteiger partial charge in [0.2, 0.25) is 11.8 Å². The van der Waals surface area contributed by atoms with Crippen molar-refractivity contribution in [3.05, 3.63) is 30.1 Å². The summed E-state index contributed by atoms with van der Waals surface area (Å²) in [6, 6.07) is 5.04. The molecule has 0 aromatic heterocycles. The van der Waals surface area contributed by atoms with Crippen LogP contribution in [-0.2, 0) is 9.59 Å². The number of amides is 2. The third-order valence-corrected chi connectivity index (χ3v) is 4.81. The van der Waals surface area contributed by atoms with Gasteiger partial charge in [-0.25, -0.2) is 4.39 Å². The van der Waals surface area contributed by atoms with Crippen molar-refractivity contribution in [3.63, 3.8) is 0 Å². The first-order chi connectivity index (χ1) is 10.0. The Balaban J connectivity index is 1.98. The second-order valence-corrected chi connectivity index (χ2v) is 6.11. The van der Waals surface area contributed by atoms with E-state index in [2.05, 4.69) is 0 Å². The molecule has 5 heteroatoms. The average Bonchev–Trinajstić information content (AvgIpc) is 2.75. The van der Waals surface area contributed by atoms with Crippen LogP contribution in [0.2, 0.25) is 0 Å². The first-order valence-electron chi connectivity index (χ1n) is 7.42. The molecule has 1 saturated heterocycles. The van der Waals surface area contributed by atoms with E-state index in [0.717, 1.165) is 32.1 Å². The van der Waals surface area contributed by atoms with Crippen LogP contribution in [-0.4, -0.2) is 17.9 Å². The number of carbonyl (C=O) groups is 2. The molecule has 1 spiro atoms. The van der Waals surface area contributed by atoms with Crippen molar-refractivity contribution >= 4 is 17.5 Å². The Bertz CT molecular complexity index is 564. The summed E-state index contributed by atoms with van der Waals surface area (Å²) in [4.78, 5) is 26.2. The van der Waals surface area contributed by atoms with Gasteiger partial charge in [-0.1, -0.05) is 19.3 Å². The van der Waals surface area contributed by atoms with Crippen LogP contribution in [0.15, 0.2) is 24.3 Å². The maximum Gasteiger partial charge on any atom is 0.240 e. The number of benzene rings is 1. The lowest BCUT2D eigenvalue weighted by atomic mass is 9.72. The van der Waals surface area contributed by atoms with Crippen LogP contribution in [0.5, 0.6) is 0 Å². The van der Waals surface area contributed by atoms with Crippen LogP contribution in [0.1, 0.15) is 38.5 Å². The number of carbonyl (C=O) groups excluding carboxylic acids is 2. The Kier molecular flexibility index (Phi) is 3.43. The van der Waals surface area contributed by atoms with Crippen LogP contribution >= 0.6 is 0 Å². The molecule has 112 valence electrons. The van der Waals surface area contributed by atoms with Crippen LogP contribution in [0.25, 0.3) is 0 Å². The molecule has 1 aliphatic carbocycles. The molecule has 1 aliphatic heterocycles. The van der Waals surface area contributed by atoms with Gasteiger partial charge in [-0.15, -0.1) is 0 Å². The number of hydrogen-bond donors (Lipinski definition) is 1. The van der Waals surface area contributed by atoms with Crippen LogP contribution in [0.3, 0.4) is 0 Å². The van der Waals surface area contributed by atoms with Gasteiger partial charge in [-0.05, 0) is 43.5 Å². The zero-order chi connectivity index (χ0) is 15.0. The van der Waals surface area contributed by atoms with Crippen LogP contribution in [0, 0.1) is 11.2 Å². The fraction of sp³-hybridized carbons (Fsp3) is 0.500. The first kappa shape index (κ1) is 14.0. The van der Waals surface area contributed by atoms with E-state index in [-0.39, 0.29) is 11.7 Å². The standard InChI is InChI=1S/C16H19FN2O2/c17-11-4-6-12(7-5-11)19-13(14(18)20)10-16(15(19)21)8-2-1-3-9-16/h4-7,13H,1-3,8-10H2,(H2,18,20). The van der Waals surface area contributed by atoms with Gasteiger partial charge in [0.25, 0.3) is 0 Å². The zero-order valence-corrected chi connectivity index (χ0v) is 11.8. The molecule has 1 aromatic rings. The summed E-state index contributed by atoms with van der Waals surface area (Å²) in [5.41, 5.74) is 5.60. The molecule has 2 fully saturated rings. The Morgan fingerprint density at radius 1 is 1.19 bits per heavy atom. The summed E-state index contributed by atoms with van der Waals surface area (Å²) in [6.07, 6.45) is 5.26. The quantitative estimate of drug-likeness (QED) is 0.908. The molecule has 1 aromatic carbocycles. The summed E-state index contributed by atoms with van der Waals surface area (Å²) in [5, 5.41) is 0. The molecule has 1 heterocycles.